The van der Waals surface area contributed by atoms with Gasteiger partial charge in [0.1, 0.15) is 12.7 Å². The van der Waals surface area contributed by atoms with Crippen LogP contribution in [0.25, 0.3) is 0 Å². The minimum atomic E-state index is -1.48. The zero-order valence-electron chi connectivity index (χ0n) is 15.6. The third kappa shape index (κ3) is 7.21. The number of esters is 5. The molecule has 0 aromatic carbocycles. The summed E-state index contributed by atoms with van der Waals surface area (Å²) >= 11 is 0. The summed E-state index contributed by atoms with van der Waals surface area (Å²) in [7, 11) is 0. The van der Waals surface area contributed by atoms with Crippen molar-refractivity contribution in [2.75, 3.05) is 6.61 Å². The van der Waals surface area contributed by atoms with Crippen molar-refractivity contribution in [3.05, 3.63) is 0 Å². The van der Waals surface area contributed by atoms with Crippen molar-refractivity contribution in [1.29, 1.82) is 0 Å². The molecule has 0 N–H and O–H groups in total. The van der Waals surface area contributed by atoms with E-state index in [0.29, 0.717) is 0 Å². The SMILES string of the molecule is CC(=O)OCC1O[C@@H](OC(C)=O)[C@H](OC(C)=O)[C@@H](OC(C)=O)[C@@H]1OC(C)=O. The Balaban J connectivity index is 3.29. The molecule has 1 saturated heterocycles. The smallest absolute Gasteiger partial charge is 0.305 e. The molecule has 152 valence electrons. The van der Waals surface area contributed by atoms with Crippen LogP contribution in [0.15, 0.2) is 0 Å². The lowest BCUT2D eigenvalue weighted by atomic mass is 9.98. The number of hydrogen-bond donors (Lipinski definition) is 0. The summed E-state index contributed by atoms with van der Waals surface area (Å²) in [6.07, 6.45) is -6.70. The normalized spacial score (nSPS) is 27.1. The average Bonchev–Trinajstić information content (AvgIpc) is 2.49. The van der Waals surface area contributed by atoms with Gasteiger partial charge in [0, 0.05) is 34.6 Å². The number of carbonyl (C=O) groups is 5. The van der Waals surface area contributed by atoms with Gasteiger partial charge >= 0.3 is 29.8 Å². The van der Waals surface area contributed by atoms with E-state index in [1.54, 1.807) is 0 Å². The third-order valence-corrected chi connectivity index (χ3v) is 3.23. The Labute approximate surface area is 155 Å². The highest BCUT2D eigenvalue weighted by Crippen LogP contribution is 2.29. The predicted octanol–water partition coefficient (Wildman–Crippen LogP) is -0.367. The van der Waals surface area contributed by atoms with Crippen LogP contribution in [0.4, 0.5) is 0 Å². The molecule has 11 heteroatoms. The number of ether oxygens (including phenoxy) is 6. The minimum Gasteiger partial charge on any atom is -0.463 e. The number of rotatable bonds is 6. The molecule has 27 heavy (non-hydrogen) atoms. The lowest BCUT2D eigenvalue weighted by Gasteiger charge is -2.43. The fourth-order valence-electron chi connectivity index (χ4n) is 2.45. The van der Waals surface area contributed by atoms with E-state index >= 15 is 0 Å². The van der Waals surface area contributed by atoms with Gasteiger partial charge in [-0.25, -0.2) is 0 Å². The van der Waals surface area contributed by atoms with Crippen LogP contribution in [0.2, 0.25) is 0 Å². The lowest BCUT2D eigenvalue weighted by molar-refractivity contribution is -0.300. The van der Waals surface area contributed by atoms with Gasteiger partial charge in [-0.15, -0.1) is 0 Å². The van der Waals surface area contributed by atoms with Gasteiger partial charge in [-0.1, -0.05) is 0 Å². The van der Waals surface area contributed by atoms with Crippen LogP contribution >= 0.6 is 0 Å². The van der Waals surface area contributed by atoms with Crippen molar-refractivity contribution >= 4 is 29.8 Å². The molecule has 1 fully saturated rings. The Morgan fingerprint density at radius 3 is 1.52 bits per heavy atom. The highest BCUT2D eigenvalue weighted by molar-refractivity contribution is 5.69. The molecule has 1 heterocycles. The van der Waals surface area contributed by atoms with Gasteiger partial charge in [0.15, 0.2) is 12.2 Å². The third-order valence-electron chi connectivity index (χ3n) is 3.23. The van der Waals surface area contributed by atoms with E-state index < -0.39 is 67.2 Å². The van der Waals surface area contributed by atoms with Crippen LogP contribution in [-0.4, -0.2) is 67.2 Å². The molecule has 0 aliphatic carbocycles. The minimum absolute atomic E-state index is 0.393. The fraction of sp³-hybridized carbons (Fsp3) is 0.688. The van der Waals surface area contributed by atoms with Crippen LogP contribution in [0.3, 0.4) is 0 Å². The van der Waals surface area contributed by atoms with Crippen molar-refractivity contribution < 1.29 is 52.4 Å². The molecule has 0 aromatic rings. The molecule has 5 atom stereocenters. The lowest BCUT2D eigenvalue weighted by Crippen LogP contribution is -2.63. The van der Waals surface area contributed by atoms with Gasteiger partial charge in [0.05, 0.1) is 0 Å². The Morgan fingerprint density at radius 1 is 0.630 bits per heavy atom. The standard InChI is InChI=1S/C16H22O11/c1-7(17)22-6-12-13(23-8(2)18)14(24-9(3)19)15(25-10(4)20)16(27-12)26-11(5)21/h12-16H,6H2,1-5H3/t12?,13-,14+,15-,16-/m1/s1. The summed E-state index contributed by atoms with van der Waals surface area (Å²) in [5.41, 5.74) is 0. The van der Waals surface area contributed by atoms with Gasteiger partial charge in [0.2, 0.25) is 12.4 Å². The van der Waals surface area contributed by atoms with Crippen LogP contribution in [0.5, 0.6) is 0 Å². The van der Waals surface area contributed by atoms with E-state index in [4.69, 9.17) is 28.4 Å². The Kier molecular flexibility index (Phi) is 8.16. The first kappa shape index (κ1) is 22.4. The van der Waals surface area contributed by atoms with Crippen LogP contribution in [0, 0.1) is 0 Å². The second-order valence-corrected chi connectivity index (χ2v) is 5.68. The van der Waals surface area contributed by atoms with Crippen LogP contribution in [0.1, 0.15) is 34.6 Å². The van der Waals surface area contributed by atoms with Crippen molar-refractivity contribution in [3.63, 3.8) is 0 Å². The highest BCUT2D eigenvalue weighted by Gasteiger charge is 2.53. The number of hydrogen-bond acceptors (Lipinski definition) is 11. The zero-order chi connectivity index (χ0) is 20.7. The van der Waals surface area contributed by atoms with Crippen LogP contribution in [-0.2, 0) is 52.4 Å². The molecule has 0 bridgehead atoms. The molecule has 1 aliphatic heterocycles. The maximum absolute atomic E-state index is 11.5. The predicted molar refractivity (Wildman–Crippen MR) is 83.7 cm³/mol. The summed E-state index contributed by atoms with van der Waals surface area (Å²) in [5.74, 6) is -3.71. The van der Waals surface area contributed by atoms with Gasteiger partial charge in [0.25, 0.3) is 0 Å². The molecule has 0 aromatic heterocycles. The van der Waals surface area contributed by atoms with Gasteiger partial charge in [-0.2, -0.15) is 0 Å². The topological polar surface area (TPSA) is 141 Å². The van der Waals surface area contributed by atoms with E-state index in [9.17, 15) is 24.0 Å². The second kappa shape index (κ2) is 9.86. The van der Waals surface area contributed by atoms with Crippen molar-refractivity contribution in [1.82, 2.24) is 0 Å². The van der Waals surface area contributed by atoms with E-state index in [2.05, 4.69) is 0 Å². The zero-order valence-corrected chi connectivity index (χ0v) is 15.6. The quantitative estimate of drug-likeness (QED) is 0.433. The second-order valence-electron chi connectivity index (χ2n) is 5.68. The van der Waals surface area contributed by atoms with Crippen molar-refractivity contribution in [3.8, 4) is 0 Å². The molecular formula is C16H22O11. The molecule has 0 spiro atoms. The Morgan fingerprint density at radius 2 is 1.07 bits per heavy atom. The van der Waals surface area contributed by atoms with E-state index in [0.717, 1.165) is 34.6 Å². The van der Waals surface area contributed by atoms with Gasteiger partial charge < -0.3 is 28.4 Å². The maximum atomic E-state index is 11.5. The van der Waals surface area contributed by atoms with Crippen molar-refractivity contribution in [2.24, 2.45) is 0 Å². The van der Waals surface area contributed by atoms with E-state index in [1.165, 1.54) is 0 Å². The average molecular weight is 390 g/mol. The Bertz CT molecular complexity index is 599. The monoisotopic (exact) mass is 390 g/mol. The fourth-order valence-corrected chi connectivity index (χ4v) is 2.45. The highest BCUT2D eigenvalue weighted by atomic mass is 16.7. The summed E-state index contributed by atoms with van der Waals surface area (Å²) in [6.45, 7) is 5.13. The molecule has 0 radical (unpaired) electrons. The molecule has 11 nitrogen and oxygen atoms in total. The number of carbonyl (C=O) groups excluding carboxylic acids is 5. The molecule has 1 rings (SSSR count). The van der Waals surface area contributed by atoms with Crippen LogP contribution < -0.4 is 0 Å². The van der Waals surface area contributed by atoms with E-state index in [-0.39, 0.29) is 0 Å². The van der Waals surface area contributed by atoms with Crippen molar-refractivity contribution in [2.45, 2.75) is 65.3 Å². The summed E-state index contributed by atoms with van der Waals surface area (Å²) in [6, 6.07) is 0. The van der Waals surface area contributed by atoms with Gasteiger partial charge in [-0.05, 0) is 0 Å². The summed E-state index contributed by atoms with van der Waals surface area (Å²) in [5, 5.41) is 0. The first-order valence-corrected chi connectivity index (χ1v) is 7.99. The first-order valence-electron chi connectivity index (χ1n) is 7.99. The molecular weight excluding hydrogens is 368 g/mol. The summed E-state index contributed by atoms with van der Waals surface area (Å²) < 4.78 is 30.8. The molecule has 1 unspecified atom stereocenters. The maximum Gasteiger partial charge on any atom is 0.305 e. The van der Waals surface area contributed by atoms with Gasteiger partial charge in [-0.3, -0.25) is 24.0 Å². The summed E-state index contributed by atoms with van der Waals surface area (Å²) in [4.78, 5) is 57.0. The van der Waals surface area contributed by atoms with E-state index in [1.807, 2.05) is 0 Å². The molecule has 1 aliphatic rings. The first-order chi connectivity index (χ1) is 12.5. The Hall–Kier alpha value is -2.69. The molecule has 0 saturated carbocycles. The molecule has 0 amide bonds. The largest absolute Gasteiger partial charge is 0.463 e.